The average Bonchev–Trinajstić information content (AvgIpc) is 3.92. The first kappa shape index (κ1) is 31.7. The summed E-state index contributed by atoms with van der Waals surface area (Å²) in [6.45, 7) is 0. The highest BCUT2D eigenvalue weighted by Gasteiger charge is 2.22. The van der Waals surface area contributed by atoms with Crippen molar-refractivity contribution in [3.63, 3.8) is 0 Å². The van der Waals surface area contributed by atoms with Crippen LogP contribution in [0.2, 0.25) is 0 Å². The van der Waals surface area contributed by atoms with Crippen molar-refractivity contribution in [2.24, 2.45) is 0 Å². The van der Waals surface area contributed by atoms with E-state index in [0.717, 1.165) is 17.1 Å². The fraction of sp³-hybridized carbons (Fsp3) is 0. The quantitative estimate of drug-likeness (QED) is 0.168. The summed E-state index contributed by atoms with van der Waals surface area (Å²) in [5, 5.41) is 7.52. The molecule has 0 saturated carbocycles. The van der Waals surface area contributed by atoms with Crippen molar-refractivity contribution in [2.75, 3.05) is 0 Å². The number of aromatic nitrogens is 3. The lowest BCUT2D eigenvalue weighted by atomic mass is 9.98. The molecule has 9 aromatic carbocycles. The Morgan fingerprint density at radius 2 is 0.579 bits per heavy atom. The topological polar surface area (TPSA) is 14.8 Å². The maximum Gasteiger partial charge on any atom is 0.0548 e. The largest absolute Gasteiger partial charge is 0.309 e. The van der Waals surface area contributed by atoms with E-state index in [-0.39, 0.29) is 0 Å². The minimum absolute atomic E-state index is 1.15. The van der Waals surface area contributed by atoms with Gasteiger partial charge in [0.2, 0.25) is 0 Å². The van der Waals surface area contributed by atoms with Crippen molar-refractivity contribution in [3.8, 4) is 39.3 Å². The van der Waals surface area contributed by atoms with Crippen LogP contribution >= 0.6 is 0 Å². The summed E-state index contributed by atoms with van der Waals surface area (Å²) in [4.78, 5) is 0. The summed E-state index contributed by atoms with van der Waals surface area (Å²) in [7, 11) is 0. The summed E-state index contributed by atoms with van der Waals surface area (Å²) >= 11 is 0. The van der Waals surface area contributed by atoms with Gasteiger partial charge in [-0.05, 0) is 107 Å². The van der Waals surface area contributed by atoms with E-state index in [9.17, 15) is 0 Å². The van der Waals surface area contributed by atoms with Gasteiger partial charge in [-0.3, -0.25) is 0 Å². The molecule has 0 saturated heterocycles. The molecule has 12 rings (SSSR count). The van der Waals surface area contributed by atoms with E-state index in [4.69, 9.17) is 0 Å². The summed E-state index contributed by atoms with van der Waals surface area (Å²) in [6.07, 6.45) is 0. The number of nitrogens with zero attached hydrogens (tertiary/aromatic N) is 3. The predicted molar refractivity (Wildman–Crippen MR) is 240 cm³/mol. The lowest BCUT2D eigenvalue weighted by molar-refractivity contribution is 1.17. The molecule has 0 N–H and O–H groups in total. The van der Waals surface area contributed by atoms with Crippen molar-refractivity contribution < 1.29 is 0 Å². The first-order valence-electron chi connectivity index (χ1n) is 19.6. The lowest BCUT2D eigenvalue weighted by Gasteiger charge is -2.10. The van der Waals surface area contributed by atoms with E-state index >= 15 is 0 Å². The van der Waals surface area contributed by atoms with Gasteiger partial charge in [0.15, 0.2) is 0 Å². The van der Waals surface area contributed by atoms with Gasteiger partial charge in [-0.15, -0.1) is 0 Å². The van der Waals surface area contributed by atoms with Crippen LogP contribution in [0.25, 0.3) is 105 Å². The van der Waals surface area contributed by atoms with Gasteiger partial charge in [0, 0.05) is 49.4 Å². The monoisotopic (exact) mass is 725 g/mol. The molecule has 0 spiro atoms. The molecule has 12 aromatic rings. The summed E-state index contributed by atoms with van der Waals surface area (Å²) < 4.78 is 7.28. The van der Waals surface area contributed by atoms with Crippen LogP contribution in [0.4, 0.5) is 0 Å². The number of fused-ring (bicyclic) bond motifs is 10. The number of benzene rings is 9. The highest BCUT2D eigenvalue weighted by Crippen LogP contribution is 2.45. The van der Waals surface area contributed by atoms with Crippen LogP contribution in [0, 0.1) is 0 Å². The molecule has 57 heavy (non-hydrogen) atoms. The molecule has 0 bridgehead atoms. The molecule has 0 amide bonds. The van der Waals surface area contributed by atoms with Crippen LogP contribution in [0.3, 0.4) is 0 Å². The molecular formula is C54H35N3. The minimum atomic E-state index is 1.15. The van der Waals surface area contributed by atoms with Crippen LogP contribution in [0.1, 0.15) is 0 Å². The highest BCUT2D eigenvalue weighted by molar-refractivity contribution is 6.29. The Morgan fingerprint density at radius 3 is 1.12 bits per heavy atom. The summed E-state index contributed by atoms with van der Waals surface area (Å²) in [5.74, 6) is 0. The van der Waals surface area contributed by atoms with Gasteiger partial charge in [0.05, 0.1) is 33.1 Å². The molecule has 0 unspecified atom stereocenters. The highest BCUT2D eigenvalue weighted by atomic mass is 15.0. The second-order valence-electron chi connectivity index (χ2n) is 14.9. The van der Waals surface area contributed by atoms with Crippen molar-refractivity contribution in [1.29, 1.82) is 0 Å². The van der Waals surface area contributed by atoms with Crippen molar-refractivity contribution in [1.82, 2.24) is 13.7 Å². The molecule has 3 heterocycles. The van der Waals surface area contributed by atoms with Gasteiger partial charge >= 0.3 is 0 Å². The maximum absolute atomic E-state index is 2.44. The number of hydrogen-bond donors (Lipinski definition) is 0. The SMILES string of the molecule is c1ccc(-c2ccc3c(c2)c2c4c5cc(-c6ccc7c8ccccc8n(-c8ccccc8)c7c6)ccc5n(-c5ccccc5)c4ccc2n3-c2ccccc2)cc1. The number of para-hydroxylation sites is 4. The first-order chi connectivity index (χ1) is 28.3. The Bertz CT molecular complexity index is 3480. The third-order valence-electron chi connectivity index (χ3n) is 11.8. The maximum atomic E-state index is 2.44. The molecule has 0 aliphatic carbocycles. The second kappa shape index (κ2) is 12.5. The molecule has 0 radical (unpaired) electrons. The zero-order valence-corrected chi connectivity index (χ0v) is 31.0. The van der Waals surface area contributed by atoms with Gasteiger partial charge in [0.1, 0.15) is 0 Å². The molecule has 3 aromatic heterocycles. The molecule has 0 fully saturated rings. The van der Waals surface area contributed by atoms with E-state index in [1.165, 1.54) is 87.7 Å². The van der Waals surface area contributed by atoms with Crippen molar-refractivity contribution in [2.45, 2.75) is 0 Å². The fourth-order valence-electron chi connectivity index (χ4n) is 9.33. The van der Waals surface area contributed by atoms with Crippen LogP contribution < -0.4 is 0 Å². The van der Waals surface area contributed by atoms with Crippen LogP contribution in [0.5, 0.6) is 0 Å². The third-order valence-corrected chi connectivity index (χ3v) is 11.8. The Labute approximate surface area is 329 Å². The average molecular weight is 726 g/mol. The number of rotatable bonds is 5. The van der Waals surface area contributed by atoms with Crippen molar-refractivity contribution >= 4 is 65.4 Å². The summed E-state index contributed by atoms with van der Waals surface area (Å²) in [6, 6.07) is 77.4. The fourth-order valence-corrected chi connectivity index (χ4v) is 9.33. The standard InChI is InChI=1S/C54H35N3/c1-5-15-36(16-6-1)37-26-29-48-45(33-37)53-50(55(48)40-17-7-2-8-18-40)31-32-51-54(53)46-34-38(27-30-49(46)56(51)41-19-9-3-10-20-41)39-25-28-44-43-23-13-14-24-47(43)57(52(44)35-39)42-21-11-4-12-22-42/h1-35H. The van der Waals surface area contributed by atoms with Gasteiger partial charge < -0.3 is 13.7 Å². The zero-order chi connectivity index (χ0) is 37.5. The van der Waals surface area contributed by atoms with Gasteiger partial charge in [-0.2, -0.15) is 0 Å². The van der Waals surface area contributed by atoms with E-state index in [2.05, 4.69) is 226 Å². The van der Waals surface area contributed by atoms with E-state index in [0.29, 0.717) is 0 Å². The van der Waals surface area contributed by atoms with Crippen LogP contribution in [-0.4, -0.2) is 13.7 Å². The van der Waals surface area contributed by atoms with E-state index in [1.54, 1.807) is 0 Å². The molecule has 0 aliphatic rings. The normalized spacial score (nSPS) is 11.9. The van der Waals surface area contributed by atoms with E-state index in [1.807, 2.05) is 0 Å². The molecule has 0 aliphatic heterocycles. The second-order valence-corrected chi connectivity index (χ2v) is 14.9. The Balaban J connectivity index is 1.19. The first-order valence-corrected chi connectivity index (χ1v) is 19.6. The minimum Gasteiger partial charge on any atom is -0.309 e. The molecule has 0 atom stereocenters. The Kier molecular flexibility index (Phi) is 6.93. The van der Waals surface area contributed by atoms with Crippen molar-refractivity contribution in [3.05, 3.63) is 212 Å². The molecule has 266 valence electrons. The molecule has 3 nitrogen and oxygen atoms in total. The van der Waals surface area contributed by atoms with Gasteiger partial charge in [-0.1, -0.05) is 127 Å². The number of hydrogen-bond acceptors (Lipinski definition) is 0. The van der Waals surface area contributed by atoms with Gasteiger partial charge in [-0.25, -0.2) is 0 Å². The molecule has 3 heteroatoms. The molecular weight excluding hydrogens is 691 g/mol. The predicted octanol–water partition coefficient (Wildman–Crippen LogP) is 14.3. The van der Waals surface area contributed by atoms with Gasteiger partial charge in [0.25, 0.3) is 0 Å². The lowest BCUT2D eigenvalue weighted by Crippen LogP contribution is -1.94. The van der Waals surface area contributed by atoms with Crippen LogP contribution in [-0.2, 0) is 0 Å². The Hall–Kier alpha value is -7.62. The summed E-state index contributed by atoms with van der Waals surface area (Å²) in [5.41, 5.74) is 15.4. The third kappa shape index (κ3) is 4.79. The van der Waals surface area contributed by atoms with E-state index < -0.39 is 0 Å². The van der Waals surface area contributed by atoms with Crippen LogP contribution in [0.15, 0.2) is 212 Å². The smallest absolute Gasteiger partial charge is 0.0548 e. The zero-order valence-electron chi connectivity index (χ0n) is 31.0. The Morgan fingerprint density at radius 1 is 0.211 bits per heavy atom.